The minimum Gasteiger partial charge on any atom is -0.333 e. The molecule has 0 bridgehead atoms. The summed E-state index contributed by atoms with van der Waals surface area (Å²) in [5.41, 5.74) is 10.4. The molecule has 1 heterocycles. The minimum atomic E-state index is 0.476. The van der Waals surface area contributed by atoms with Crippen molar-refractivity contribution in [3.05, 3.63) is 41.9 Å². The van der Waals surface area contributed by atoms with Crippen LogP contribution in [0.4, 0.5) is 0 Å². The fourth-order valence-electron chi connectivity index (χ4n) is 2.27. The molecule has 0 saturated heterocycles. The van der Waals surface area contributed by atoms with Gasteiger partial charge >= 0.3 is 0 Å². The molecular weight excluding hydrogens is 222 g/mol. The third-order valence-electron chi connectivity index (χ3n) is 3.08. The van der Waals surface area contributed by atoms with Crippen molar-refractivity contribution in [1.29, 1.82) is 0 Å². The summed E-state index contributed by atoms with van der Waals surface area (Å²) < 4.78 is 2.03. The summed E-state index contributed by atoms with van der Waals surface area (Å²) in [5.74, 6) is 0.687. The maximum absolute atomic E-state index is 5.72. The molecule has 1 aromatic heterocycles. The Balaban J connectivity index is 2.31. The second-order valence-corrected chi connectivity index (χ2v) is 5.15. The number of hydrogen-bond donors (Lipinski definition) is 1. The molecule has 0 aliphatic carbocycles. The van der Waals surface area contributed by atoms with Gasteiger partial charge in [-0.2, -0.15) is 0 Å². The van der Waals surface area contributed by atoms with Gasteiger partial charge in [0.05, 0.1) is 17.7 Å². The number of aromatic nitrogens is 2. The van der Waals surface area contributed by atoms with E-state index in [2.05, 4.69) is 43.1 Å². The zero-order valence-electron chi connectivity index (χ0n) is 11.4. The van der Waals surface area contributed by atoms with E-state index in [9.17, 15) is 0 Å². The van der Waals surface area contributed by atoms with Crippen LogP contribution in [0.25, 0.3) is 11.3 Å². The Labute approximate surface area is 109 Å². The zero-order chi connectivity index (χ0) is 13.1. The molecule has 2 aromatic rings. The van der Waals surface area contributed by atoms with Gasteiger partial charge in [-0.3, -0.25) is 0 Å². The number of nitrogens with zero attached hydrogens (tertiary/aromatic N) is 2. The molecular formula is C15H21N3. The summed E-state index contributed by atoms with van der Waals surface area (Å²) in [6.45, 7) is 4.95. The Hall–Kier alpha value is -1.61. The zero-order valence-corrected chi connectivity index (χ0v) is 11.4. The molecule has 0 amide bonds. The third kappa shape index (κ3) is 2.62. The van der Waals surface area contributed by atoms with Crippen molar-refractivity contribution in [2.45, 2.75) is 26.8 Å². The van der Waals surface area contributed by atoms with Crippen molar-refractivity contribution < 1.29 is 0 Å². The van der Waals surface area contributed by atoms with Gasteiger partial charge < -0.3 is 10.3 Å². The molecule has 0 atom stereocenters. The molecule has 96 valence electrons. The van der Waals surface area contributed by atoms with E-state index in [1.54, 1.807) is 0 Å². The molecule has 0 unspecified atom stereocenters. The molecule has 0 saturated carbocycles. The summed E-state index contributed by atoms with van der Waals surface area (Å²) in [7, 11) is 2.00. The van der Waals surface area contributed by atoms with Gasteiger partial charge in [0, 0.05) is 19.2 Å². The predicted molar refractivity (Wildman–Crippen MR) is 75.1 cm³/mol. The first-order valence-electron chi connectivity index (χ1n) is 6.41. The number of benzene rings is 1. The van der Waals surface area contributed by atoms with E-state index in [1.165, 1.54) is 11.1 Å². The van der Waals surface area contributed by atoms with Gasteiger partial charge in [0.25, 0.3) is 0 Å². The summed E-state index contributed by atoms with van der Waals surface area (Å²) in [6.07, 6.45) is 2.94. The van der Waals surface area contributed by atoms with Crippen molar-refractivity contribution in [3.8, 4) is 11.3 Å². The van der Waals surface area contributed by atoms with Crippen LogP contribution in [0, 0.1) is 5.92 Å². The molecule has 0 aliphatic rings. The molecule has 3 nitrogen and oxygen atoms in total. The largest absolute Gasteiger partial charge is 0.333 e. The van der Waals surface area contributed by atoms with Gasteiger partial charge in [-0.25, -0.2) is 4.98 Å². The first kappa shape index (κ1) is 12.8. The Morgan fingerprint density at radius 1 is 1.22 bits per heavy atom. The highest BCUT2D eigenvalue weighted by Gasteiger charge is 2.09. The lowest BCUT2D eigenvalue weighted by Crippen LogP contribution is -2.01. The van der Waals surface area contributed by atoms with E-state index in [0.29, 0.717) is 12.5 Å². The van der Waals surface area contributed by atoms with Crippen LogP contribution in [-0.4, -0.2) is 9.55 Å². The number of rotatable bonds is 4. The van der Waals surface area contributed by atoms with E-state index in [-0.39, 0.29) is 0 Å². The van der Waals surface area contributed by atoms with E-state index >= 15 is 0 Å². The van der Waals surface area contributed by atoms with Gasteiger partial charge in [0.1, 0.15) is 0 Å². The van der Waals surface area contributed by atoms with Crippen molar-refractivity contribution in [2.24, 2.45) is 18.7 Å². The summed E-state index contributed by atoms with van der Waals surface area (Å²) in [6, 6.07) is 8.72. The Bertz CT molecular complexity index is 509. The van der Waals surface area contributed by atoms with E-state index < -0.39 is 0 Å². The molecule has 0 radical (unpaired) electrons. The van der Waals surface area contributed by atoms with Crippen LogP contribution in [0.2, 0.25) is 0 Å². The average Bonchev–Trinajstić information content (AvgIpc) is 2.71. The Morgan fingerprint density at radius 3 is 2.44 bits per heavy atom. The molecule has 0 aliphatic heterocycles. The highest BCUT2D eigenvalue weighted by molar-refractivity contribution is 5.62. The second-order valence-electron chi connectivity index (χ2n) is 5.15. The molecule has 0 spiro atoms. The maximum atomic E-state index is 5.72. The average molecular weight is 243 g/mol. The van der Waals surface area contributed by atoms with Crippen molar-refractivity contribution in [2.75, 3.05) is 0 Å². The molecule has 3 heteroatoms. The molecule has 18 heavy (non-hydrogen) atoms. The number of nitrogens with two attached hydrogens (primary N) is 1. The van der Waals surface area contributed by atoms with E-state index in [0.717, 1.165) is 17.8 Å². The first-order chi connectivity index (χ1) is 8.61. The van der Waals surface area contributed by atoms with Crippen molar-refractivity contribution in [1.82, 2.24) is 9.55 Å². The topological polar surface area (TPSA) is 43.8 Å². The first-order valence-corrected chi connectivity index (χ1v) is 6.41. The maximum Gasteiger partial charge on any atom is 0.0952 e. The van der Waals surface area contributed by atoms with Crippen LogP contribution in [0.15, 0.2) is 30.6 Å². The van der Waals surface area contributed by atoms with Crippen molar-refractivity contribution in [3.63, 3.8) is 0 Å². The molecule has 0 fully saturated rings. The van der Waals surface area contributed by atoms with Gasteiger partial charge in [-0.1, -0.05) is 38.1 Å². The van der Waals surface area contributed by atoms with Gasteiger partial charge in [-0.15, -0.1) is 0 Å². The van der Waals surface area contributed by atoms with Crippen LogP contribution >= 0.6 is 0 Å². The number of imidazole rings is 1. The molecule has 2 rings (SSSR count). The monoisotopic (exact) mass is 243 g/mol. The fraction of sp³-hybridized carbons (Fsp3) is 0.400. The molecule has 1 aromatic carbocycles. The van der Waals surface area contributed by atoms with Crippen molar-refractivity contribution >= 4 is 0 Å². The minimum absolute atomic E-state index is 0.476. The third-order valence-corrected chi connectivity index (χ3v) is 3.08. The smallest absolute Gasteiger partial charge is 0.0952 e. The van der Waals surface area contributed by atoms with Gasteiger partial charge in [0.15, 0.2) is 0 Å². The fourth-order valence-corrected chi connectivity index (χ4v) is 2.27. The summed E-state index contributed by atoms with van der Waals surface area (Å²) in [4.78, 5) is 4.32. The normalized spacial score (nSPS) is 11.2. The van der Waals surface area contributed by atoms with Crippen LogP contribution < -0.4 is 5.73 Å². The van der Waals surface area contributed by atoms with Crippen LogP contribution in [0.5, 0.6) is 0 Å². The lowest BCUT2D eigenvalue weighted by atomic mass is 10.0. The highest BCUT2D eigenvalue weighted by Crippen LogP contribution is 2.23. The predicted octanol–water partition coefficient (Wildman–Crippen LogP) is 2.74. The Kier molecular flexibility index (Phi) is 3.82. The number of aryl methyl sites for hydroxylation is 1. The Morgan fingerprint density at radius 2 is 1.89 bits per heavy atom. The standard InChI is InChI=1S/C15H21N3/c1-11(2)8-12-4-6-13(7-5-12)15-14(9-16)17-10-18(15)3/h4-7,10-11H,8-9,16H2,1-3H3. The van der Waals surface area contributed by atoms with Crippen LogP contribution in [0.3, 0.4) is 0 Å². The molecule has 2 N–H and O–H groups in total. The van der Waals surface area contributed by atoms with Crippen LogP contribution in [-0.2, 0) is 20.0 Å². The quantitative estimate of drug-likeness (QED) is 0.897. The van der Waals surface area contributed by atoms with E-state index in [1.807, 2.05) is 17.9 Å². The summed E-state index contributed by atoms with van der Waals surface area (Å²) in [5, 5.41) is 0. The second kappa shape index (κ2) is 5.36. The van der Waals surface area contributed by atoms with E-state index in [4.69, 9.17) is 5.73 Å². The SMILES string of the molecule is CC(C)Cc1ccc(-c2c(CN)ncn2C)cc1. The van der Waals surface area contributed by atoms with Gasteiger partial charge in [0.2, 0.25) is 0 Å². The lowest BCUT2D eigenvalue weighted by molar-refractivity contribution is 0.647. The lowest BCUT2D eigenvalue weighted by Gasteiger charge is -2.08. The van der Waals surface area contributed by atoms with Crippen LogP contribution in [0.1, 0.15) is 25.1 Å². The summed E-state index contributed by atoms with van der Waals surface area (Å²) >= 11 is 0. The number of hydrogen-bond acceptors (Lipinski definition) is 2. The van der Waals surface area contributed by atoms with Gasteiger partial charge in [-0.05, 0) is 17.9 Å². The highest BCUT2D eigenvalue weighted by atomic mass is 15.0.